The van der Waals surface area contributed by atoms with Gasteiger partial charge in [-0.05, 0) is 6.92 Å². The lowest BCUT2D eigenvalue weighted by Gasteiger charge is -2.24. The van der Waals surface area contributed by atoms with E-state index in [1.54, 1.807) is 13.1 Å². The minimum Gasteiger partial charge on any atom is -0.477 e. The van der Waals surface area contributed by atoms with Crippen molar-refractivity contribution in [3.63, 3.8) is 0 Å². The van der Waals surface area contributed by atoms with Gasteiger partial charge in [0.15, 0.2) is 5.71 Å². The fourth-order valence-electron chi connectivity index (χ4n) is 0.751. The SMILES string of the molecule is CC1(Br)NC=CN=C1C(=O)O. The van der Waals surface area contributed by atoms with Crippen molar-refractivity contribution in [2.45, 2.75) is 11.4 Å². The zero-order chi connectivity index (χ0) is 8.48. The van der Waals surface area contributed by atoms with Crippen molar-refractivity contribution >= 4 is 27.6 Å². The van der Waals surface area contributed by atoms with Crippen molar-refractivity contribution in [1.29, 1.82) is 0 Å². The van der Waals surface area contributed by atoms with Gasteiger partial charge in [-0.3, -0.25) is 0 Å². The fourth-order valence-corrected chi connectivity index (χ4v) is 1.16. The van der Waals surface area contributed by atoms with Crippen molar-refractivity contribution in [2.24, 2.45) is 4.99 Å². The molecule has 1 aliphatic rings. The van der Waals surface area contributed by atoms with Crippen LogP contribution >= 0.6 is 15.9 Å². The number of aliphatic imine (C=N–C) groups is 1. The standard InChI is InChI=1S/C6H7BrN2O2/c1-6(7)4(5(10)11)8-2-3-9-6/h2-3,9H,1H3,(H,10,11). The molecule has 1 heterocycles. The second-order valence-corrected chi connectivity index (χ2v) is 3.83. The molecule has 0 spiro atoms. The first-order valence-electron chi connectivity index (χ1n) is 2.97. The van der Waals surface area contributed by atoms with E-state index in [1.807, 2.05) is 0 Å². The van der Waals surface area contributed by atoms with Gasteiger partial charge in [0, 0.05) is 12.4 Å². The molecule has 0 bridgehead atoms. The van der Waals surface area contributed by atoms with Gasteiger partial charge in [0.1, 0.15) is 4.45 Å². The Morgan fingerprint density at radius 1 is 1.91 bits per heavy atom. The molecule has 0 saturated heterocycles. The highest BCUT2D eigenvalue weighted by Gasteiger charge is 2.32. The number of carbonyl (C=O) groups is 1. The van der Waals surface area contributed by atoms with Crippen LogP contribution < -0.4 is 5.32 Å². The summed E-state index contributed by atoms with van der Waals surface area (Å²) in [6, 6.07) is 0. The minimum atomic E-state index is -1.03. The van der Waals surface area contributed by atoms with Crippen LogP contribution in [0.2, 0.25) is 0 Å². The number of hydrogen-bond donors (Lipinski definition) is 2. The Kier molecular flexibility index (Phi) is 1.99. The van der Waals surface area contributed by atoms with E-state index < -0.39 is 10.4 Å². The van der Waals surface area contributed by atoms with Gasteiger partial charge in [-0.2, -0.15) is 0 Å². The molecule has 0 aromatic rings. The number of carboxylic acid groups (broad SMARTS) is 1. The van der Waals surface area contributed by atoms with Gasteiger partial charge in [0.25, 0.3) is 0 Å². The summed E-state index contributed by atoms with van der Waals surface area (Å²) in [6.45, 7) is 1.68. The summed E-state index contributed by atoms with van der Waals surface area (Å²) in [5.74, 6) is -1.03. The molecule has 2 N–H and O–H groups in total. The lowest BCUT2D eigenvalue weighted by atomic mass is 10.2. The molecule has 0 amide bonds. The molecule has 0 aromatic carbocycles. The zero-order valence-corrected chi connectivity index (χ0v) is 7.42. The highest BCUT2D eigenvalue weighted by molar-refractivity contribution is 9.10. The molecular formula is C6H7BrN2O2. The topological polar surface area (TPSA) is 61.7 Å². The number of halogens is 1. The molecule has 0 radical (unpaired) electrons. The molecule has 60 valence electrons. The molecule has 0 fully saturated rings. The minimum absolute atomic E-state index is 0.0556. The molecule has 1 atom stereocenters. The third-order valence-electron chi connectivity index (χ3n) is 1.28. The average molecular weight is 219 g/mol. The van der Waals surface area contributed by atoms with Crippen molar-refractivity contribution in [3.8, 4) is 0 Å². The van der Waals surface area contributed by atoms with E-state index in [0.29, 0.717) is 0 Å². The van der Waals surface area contributed by atoms with Crippen LogP contribution in [0.3, 0.4) is 0 Å². The smallest absolute Gasteiger partial charge is 0.353 e. The van der Waals surface area contributed by atoms with E-state index in [0.717, 1.165) is 0 Å². The summed E-state index contributed by atoms with van der Waals surface area (Å²) >= 11 is 3.19. The number of nitrogens with one attached hydrogen (secondary N) is 1. The van der Waals surface area contributed by atoms with E-state index in [4.69, 9.17) is 5.11 Å². The third kappa shape index (κ3) is 1.59. The second kappa shape index (κ2) is 2.65. The Morgan fingerprint density at radius 2 is 2.55 bits per heavy atom. The number of carboxylic acids is 1. The van der Waals surface area contributed by atoms with Gasteiger partial charge >= 0.3 is 5.97 Å². The number of nitrogens with zero attached hydrogens (tertiary/aromatic N) is 1. The highest BCUT2D eigenvalue weighted by Crippen LogP contribution is 2.18. The van der Waals surface area contributed by atoms with E-state index in [1.165, 1.54) is 6.20 Å². The summed E-state index contributed by atoms with van der Waals surface area (Å²) in [7, 11) is 0. The molecule has 1 unspecified atom stereocenters. The maximum Gasteiger partial charge on any atom is 0.353 e. The Hall–Kier alpha value is -0.840. The van der Waals surface area contributed by atoms with Crippen LogP contribution in [0.5, 0.6) is 0 Å². The predicted octanol–water partition coefficient (Wildman–Crippen LogP) is 0.698. The molecule has 0 aliphatic carbocycles. The van der Waals surface area contributed by atoms with E-state index in [2.05, 4.69) is 26.2 Å². The van der Waals surface area contributed by atoms with Crippen molar-refractivity contribution in [1.82, 2.24) is 5.32 Å². The quantitative estimate of drug-likeness (QED) is 0.504. The average Bonchev–Trinajstić information content (AvgIpc) is 1.85. The van der Waals surface area contributed by atoms with Crippen LogP contribution in [0.15, 0.2) is 17.4 Å². The predicted molar refractivity (Wildman–Crippen MR) is 44.7 cm³/mol. The molecule has 11 heavy (non-hydrogen) atoms. The lowest BCUT2D eigenvalue weighted by molar-refractivity contribution is -0.129. The van der Waals surface area contributed by atoms with E-state index in [-0.39, 0.29) is 5.71 Å². The van der Waals surface area contributed by atoms with Crippen LogP contribution in [0, 0.1) is 0 Å². The summed E-state index contributed by atoms with van der Waals surface area (Å²) in [5, 5.41) is 11.5. The van der Waals surface area contributed by atoms with Gasteiger partial charge in [-0.15, -0.1) is 0 Å². The molecule has 0 saturated carbocycles. The molecule has 5 heteroatoms. The summed E-state index contributed by atoms with van der Waals surface area (Å²) in [5.41, 5.74) is 0.0556. The van der Waals surface area contributed by atoms with Crippen molar-refractivity contribution in [2.75, 3.05) is 0 Å². The number of rotatable bonds is 1. The Morgan fingerprint density at radius 3 is 2.91 bits per heavy atom. The maximum absolute atomic E-state index is 10.5. The van der Waals surface area contributed by atoms with Gasteiger partial charge < -0.3 is 10.4 Å². The van der Waals surface area contributed by atoms with Crippen LogP contribution in [0.1, 0.15) is 6.92 Å². The first-order chi connectivity index (χ1) is 5.04. The Bertz CT molecular complexity index is 245. The fraction of sp³-hybridized carbons (Fsp3) is 0.333. The zero-order valence-electron chi connectivity index (χ0n) is 5.84. The van der Waals surface area contributed by atoms with Crippen LogP contribution in [0.25, 0.3) is 0 Å². The maximum atomic E-state index is 10.5. The summed E-state index contributed by atoms with van der Waals surface area (Å²) < 4.78 is -0.756. The summed E-state index contributed by atoms with van der Waals surface area (Å²) in [6.07, 6.45) is 2.99. The van der Waals surface area contributed by atoms with Crippen LogP contribution in [0.4, 0.5) is 0 Å². The molecule has 1 rings (SSSR count). The van der Waals surface area contributed by atoms with Gasteiger partial charge in [0.2, 0.25) is 0 Å². The van der Waals surface area contributed by atoms with Gasteiger partial charge in [-0.1, -0.05) is 15.9 Å². The van der Waals surface area contributed by atoms with Gasteiger partial charge in [-0.25, -0.2) is 9.79 Å². The first kappa shape index (κ1) is 8.26. The van der Waals surface area contributed by atoms with Crippen molar-refractivity contribution < 1.29 is 9.90 Å². The Labute approximate surface area is 72.1 Å². The molecular weight excluding hydrogens is 212 g/mol. The second-order valence-electron chi connectivity index (χ2n) is 2.25. The monoisotopic (exact) mass is 218 g/mol. The first-order valence-corrected chi connectivity index (χ1v) is 3.76. The van der Waals surface area contributed by atoms with Crippen LogP contribution in [-0.2, 0) is 4.79 Å². The number of aliphatic carboxylic acids is 1. The van der Waals surface area contributed by atoms with Crippen molar-refractivity contribution in [3.05, 3.63) is 12.4 Å². The van der Waals surface area contributed by atoms with Gasteiger partial charge in [0.05, 0.1) is 0 Å². The highest BCUT2D eigenvalue weighted by atomic mass is 79.9. The molecule has 0 aromatic heterocycles. The third-order valence-corrected chi connectivity index (χ3v) is 1.88. The number of alkyl halides is 1. The van der Waals surface area contributed by atoms with Crippen LogP contribution in [-0.4, -0.2) is 21.2 Å². The Balaban J connectivity index is 2.97. The normalized spacial score (nSPS) is 29.1. The number of hydrogen-bond acceptors (Lipinski definition) is 3. The largest absolute Gasteiger partial charge is 0.477 e. The van der Waals surface area contributed by atoms with E-state index >= 15 is 0 Å². The molecule has 4 nitrogen and oxygen atoms in total. The summed E-state index contributed by atoms with van der Waals surface area (Å²) in [4.78, 5) is 14.2. The lowest BCUT2D eigenvalue weighted by Crippen LogP contribution is -2.46. The van der Waals surface area contributed by atoms with E-state index in [9.17, 15) is 4.79 Å². The molecule has 1 aliphatic heterocycles.